The molecule has 0 atom stereocenters. The van der Waals surface area contributed by atoms with Gasteiger partial charge in [0.1, 0.15) is 11.5 Å². The quantitative estimate of drug-likeness (QED) is 0.926. The minimum absolute atomic E-state index is 0.0113. The van der Waals surface area contributed by atoms with Gasteiger partial charge in [0.25, 0.3) is 5.91 Å². The monoisotopic (exact) mass is 308 g/mol. The molecule has 5 nitrogen and oxygen atoms in total. The summed E-state index contributed by atoms with van der Waals surface area (Å²) in [5.41, 5.74) is 0.432. The average Bonchev–Trinajstić information content (AvgIpc) is 2.66. The second-order valence-corrected chi connectivity index (χ2v) is 7.67. The SMILES string of the molecule is CCCNc1cnc(C(=O)N2CCSC(C)(C)CC2)cn1. The van der Waals surface area contributed by atoms with Gasteiger partial charge in [-0.3, -0.25) is 4.79 Å². The van der Waals surface area contributed by atoms with E-state index in [-0.39, 0.29) is 10.7 Å². The van der Waals surface area contributed by atoms with Gasteiger partial charge in [-0.2, -0.15) is 11.8 Å². The number of nitrogens with one attached hydrogen (secondary N) is 1. The second-order valence-electron chi connectivity index (χ2n) is 5.86. The lowest BCUT2D eigenvalue weighted by atomic mass is 10.1. The first-order chi connectivity index (χ1) is 10.0. The second kappa shape index (κ2) is 7.11. The Labute approximate surface area is 130 Å². The number of rotatable bonds is 4. The highest BCUT2D eigenvalue weighted by atomic mass is 32.2. The molecule has 2 heterocycles. The van der Waals surface area contributed by atoms with E-state index in [1.807, 2.05) is 16.7 Å². The van der Waals surface area contributed by atoms with Gasteiger partial charge in [-0.15, -0.1) is 0 Å². The van der Waals surface area contributed by atoms with Crippen LogP contribution in [-0.4, -0.2) is 50.9 Å². The molecule has 2 rings (SSSR count). The summed E-state index contributed by atoms with van der Waals surface area (Å²) in [5, 5.41) is 3.16. The minimum Gasteiger partial charge on any atom is -0.369 e. The third-order valence-electron chi connectivity index (χ3n) is 3.55. The van der Waals surface area contributed by atoms with Crippen LogP contribution in [-0.2, 0) is 0 Å². The molecular weight excluding hydrogens is 284 g/mol. The van der Waals surface area contributed by atoms with E-state index < -0.39 is 0 Å². The lowest BCUT2D eigenvalue weighted by Gasteiger charge is -2.22. The molecule has 1 N–H and O–H groups in total. The Kier molecular flexibility index (Phi) is 5.45. The number of thioether (sulfide) groups is 1. The standard InChI is InChI=1S/C15H24N4OS/c1-4-6-16-13-11-17-12(10-18-13)14(20)19-7-5-15(2,3)21-9-8-19/h10-11H,4-9H2,1-3H3,(H,16,18). The van der Waals surface area contributed by atoms with Gasteiger partial charge in [0, 0.05) is 30.1 Å². The molecule has 0 radical (unpaired) electrons. The van der Waals surface area contributed by atoms with E-state index in [1.54, 1.807) is 12.4 Å². The molecular formula is C15H24N4OS. The molecule has 0 saturated carbocycles. The summed E-state index contributed by atoms with van der Waals surface area (Å²) in [6.07, 6.45) is 5.25. The molecule has 1 aliphatic heterocycles. The highest BCUT2D eigenvalue weighted by Gasteiger charge is 2.26. The molecule has 1 aromatic heterocycles. The van der Waals surface area contributed by atoms with Crippen molar-refractivity contribution in [1.82, 2.24) is 14.9 Å². The van der Waals surface area contributed by atoms with Gasteiger partial charge in [-0.25, -0.2) is 9.97 Å². The highest BCUT2D eigenvalue weighted by Crippen LogP contribution is 2.30. The molecule has 0 unspecified atom stereocenters. The van der Waals surface area contributed by atoms with Gasteiger partial charge < -0.3 is 10.2 Å². The van der Waals surface area contributed by atoms with E-state index in [2.05, 4.69) is 36.1 Å². The lowest BCUT2D eigenvalue weighted by Crippen LogP contribution is -2.34. The number of hydrogen-bond donors (Lipinski definition) is 1. The zero-order valence-electron chi connectivity index (χ0n) is 13.1. The van der Waals surface area contributed by atoms with Crippen molar-refractivity contribution in [2.45, 2.75) is 38.4 Å². The van der Waals surface area contributed by atoms with Crippen molar-refractivity contribution in [3.8, 4) is 0 Å². The smallest absolute Gasteiger partial charge is 0.274 e. The molecule has 21 heavy (non-hydrogen) atoms. The molecule has 0 aliphatic carbocycles. The molecule has 1 saturated heterocycles. The summed E-state index contributed by atoms with van der Waals surface area (Å²) >= 11 is 1.93. The Morgan fingerprint density at radius 2 is 2.19 bits per heavy atom. The first kappa shape index (κ1) is 16.1. The van der Waals surface area contributed by atoms with E-state index in [0.29, 0.717) is 5.69 Å². The highest BCUT2D eigenvalue weighted by molar-refractivity contribution is 8.00. The van der Waals surface area contributed by atoms with Crippen molar-refractivity contribution in [3.05, 3.63) is 18.1 Å². The first-order valence-corrected chi connectivity index (χ1v) is 8.49. The minimum atomic E-state index is -0.0113. The third-order valence-corrected chi connectivity index (χ3v) is 4.92. The molecule has 6 heteroatoms. The molecule has 1 aromatic rings. The van der Waals surface area contributed by atoms with Crippen LogP contribution in [0.5, 0.6) is 0 Å². The Balaban J connectivity index is 1.99. The predicted octanol–water partition coefficient (Wildman–Crippen LogP) is 2.66. The largest absolute Gasteiger partial charge is 0.369 e. The Bertz CT molecular complexity index is 475. The topological polar surface area (TPSA) is 58.1 Å². The molecule has 1 aliphatic rings. The van der Waals surface area contributed by atoms with Crippen molar-refractivity contribution in [2.75, 3.05) is 30.7 Å². The third kappa shape index (κ3) is 4.59. The molecule has 0 spiro atoms. The van der Waals surface area contributed by atoms with Gasteiger partial charge in [-0.1, -0.05) is 20.8 Å². The number of amides is 1. The van der Waals surface area contributed by atoms with Crippen LogP contribution >= 0.6 is 11.8 Å². The fourth-order valence-corrected chi connectivity index (χ4v) is 3.27. The zero-order valence-corrected chi connectivity index (χ0v) is 13.9. The van der Waals surface area contributed by atoms with Crippen molar-refractivity contribution in [3.63, 3.8) is 0 Å². The molecule has 0 bridgehead atoms. The normalized spacial score (nSPS) is 18.1. The van der Waals surface area contributed by atoms with Gasteiger partial charge >= 0.3 is 0 Å². The van der Waals surface area contributed by atoms with Crippen LogP contribution in [0.3, 0.4) is 0 Å². The summed E-state index contributed by atoms with van der Waals surface area (Å²) in [6.45, 7) is 9.00. The Morgan fingerprint density at radius 1 is 1.38 bits per heavy atom. The number of nitrogens with zero attached hydrogens (tertiary/aromatic N) is 3. The summed E-state index contributed by atoms with van der Waals surface area (Å²) < 4.78 is 0.245. The van der Waals surface area contributed by atoms with Crippen molar-refractivity contribution in [2.24, 2.45) is 0 Å². The Morgan fingerprint density at radius 3 is 2.86 bits per heavy atom. The first-order valence-electron chi connectivity index (χ1n) is 7.51. The van der Waals surface area contributed by atoms with Crippen LogP contribution in [0.25, 0.3) is 0 Å². The fraction of sp³-hybridized carbons (Fsp3) is 0.667. The summed E-state index contributed by atoms with van der Waals surface area (Å²) in [4.78, 5) is 22.9. The van der Waals surface area contributed by atoms with Crippen molar-refractivity contribution >= 4 is 23.5 Å². The van der Waals surface area contributed by atoms with Gasteiger partial charge in [0.15, 0.2) is 0 Å². The maximum absolute atomic E-state index is 12.5. The molecule has 1 amide bonds. The lowest BCUT2D eigenvalue weighted by molar-refractivity contribution is 0.0758. The molecule has 1 fully saturated rings. The van der Waals surface area contributed by atoms with E-state index in [9.17, 15) is 4.79 Å². The van der Waals surface area contributed by atoms with Crippen LogP contribution in [0.1, 0.15) is 44.1 Å². The van der Waals surface area contributed by atoms with Gasteiger partial charge in [0.2, 0.25) is 0 Å². The number of aromatic nitrogens is 2. The summed E-state index contributed by atoms with van der Waals surface area (Å²) in [7, 11) is 0. The fourth-order valence-electron chi connectivity index (χ4n) is 2.17. The predicted molar refractivity (Wildman–Crippen MR) is 87.9 cm³/mol. The van der Waals surface area contributed by atoms with Crippen LogP contribution in [0.4, 0.5) is 5.82 Å². The number of anilines is 1. The maximum atomic E-state index is 12.5. The van der Waals surface area contributed by atoms with Crippen molar-refractivity contribution in [1.29, 1.82) is 0 Å². The zero-order chi connectivity index (χ0) is 15.3. The maximum Gasteiger partial charge on any atom is 0.274 e. The number of carbonyl (C=O) groups is 1. The molecule has 116 valence electrons. The van der Waals surface area contributed by atoms with E-state index in [0.717, 1.165) is 44.0 Å². The van der Waals surface area contributed by atoms with Crippen LogP contribution in [0.15, 0.2) is 12.4 Å². The van der Waals surface area contributed by atoms with Gasteiger partial charge in [-0.05, 0) is 12.8 Å². The van der Waals surface area contributed by atoms with Gasteiger partial charge in [0.05, 0.1) is 12.4 Å². The van der Waals surface area contributed by atoms with Crippen LogP contribution in [0.2, 0.25) is 0 Å². The Hall–Kier alpha value is -1.30. The van der Waals surface area contributed by atoms with E-state index in [1.165, 1.54) is 0 Å². The summed E-state index contributed by atoms with van der Waals surface area (Å²) in [6, 6.07) is 0. The average molecular weight is 308 g/mol. The molecule has 0 aromatic carbocycles. The number of carbonyl (C=O) groups excluding carboxylic acids is 1. The van der Waals surface area contributed by atoms with E-state index in [4.69, 9.17) is 0 Å². The van der Waals surface area contributed by atoms with E-state index >= 15 is 0 Å². The van der Waals surface area contributed by atoms with Crippen LogP contribution < -0.4 is 5.32 Å². The number of hydrogen-bond acceptors (Lipinski definition) is 5. The van der Waals surface area contributed by atoms with Crippen molar-refractivity contribution < 1.29 is 4.79 Å². The summed E-state index contributed by atoms with van der Waals surface area (Å²) in [5.74, 6) is 1.69. The van der Waals surface area contributed by atoms with Crippen LogP contribution in [0, 0.1) is 0 Å².